The quantitative estimate of drug-likeness (QED) is 0.841. The third-order valence-electron chi connectivity index (χ3n) is 3.27. The molecule has 1 aromatic rings. The Kier molecular flexibility index (Phi) is 7.25. The van der Waals surface area contributed by atoms with Crippen LogP contribution in [0.4, 0.5) is 4.79 Å². The molecule has 6 nitrogen and oxygen atoms in total. The van der Waals surface area contributed by atoms with E-state index in [0.29, 0.717) is 0 Å². The first-order valence-electron chi connectivity index (χ1n) is 7.81. The molecule has 0 saturated carbocycles. The van der Waals surface area contributed by atoms with Gasteiger partial charge in [-0.25, -0.2) is 4.79 Å². The Hall–Kier alpha value is -2.55. The van der Waals surface area contributed by atoms with Gasteiger partial charge in [-0.2, -0.15) is 5.26 Å². The fraction of sp³-hybridized carbons (Fsp3) is 0.500. The smallest absolute Gasteiger partial charge is 0.408 e. The van der Waals surface area contributed by atoms with Gasteiger partial charge in [0.15, 0.2) is 0 Å². The zero-order chi connectivity index (χ0) is 18.2. The van der Waals surface area contributed by atoms with Gasteiger partial charge in [-0.05, 0) is 57.2 Å². The van der Waals surface area contributed by atoms with E-state index >= 15 is 0 Å². The lowest BCUT2D eigenvalue weighted by Gasteiger charge is -2.19. The number of alkyl carbamates (subject to hydrolysis) is 1. The van der Waals surface area contributed by atoms with Crippen LogP contribution >= 0.6 is 0 Å². The average Bonchev–Trinajstić information content (AvgIpc) is 3.00. The second-order valence-electron chi connectivity index (χ2n) is 6.34. The van der Waals surface area contributed by atoms with Crippen molar-refractivity contribution < 1.29 is 19.1 Å². The van der Waals surface area contributed by atoms with Crippen LogP contribution in [0.15, 0.2) is 18.2 Å². The van der Waals surface area contributed by atoms with Gasteiger partial charge in [0.25, 0.3) is 0 Å². The lowest BCUT2D eigenvalue weighted by Crippen LogP contribution is -2.35. The van der Waals surface area contributed by atoms with Crippen molar-refractivity contribution in [1.29, 1.82) is 5.26 Å². The molecular weight excluding hydrogens is 308 g/mol. The first-order chi connectivity index (χ1) is 11.3. The highest BCUT2D eigenvalue weighted by Gasteiger charge is 2.16. The number of benzene rings is 1. The van der Waals surface area contributed by atoms with Crippen molar-refractivity contribution in [2.45, 2.75) is 45.6 Å². The molecule has 1 N–H and O–H groups in total. The molecule has 0 bridgehead atoms. The number of amides is 1. The molecular formula is C18H24N2O4. The minimum absolute atomic E-state index is 0.175. The number of esters is 1. The van der Waals surface area contributed by atoms with Crippen molar-refractivity contribution in [2.24, 2.45) is 0 Å². The van der Waals surface area contributed by atoms with Crippen LogP contribution in [0.3, 0.4) is 0 Å². The number of hydrogen-bond donors (Lipinski definition) is 1. The number of carbonyl (C=O) groups is 2. The Labute approximate surface area is 142 Å². The van der Waals surface area contributed by atoms with E-state index < -0.39 is 17.7 Å². The molecule has 0 aromatic heterocycles. The molecule has 1 aliphatic rings. The van der Waals surface area contributed by atoms with Crippen molar-refractivity contribution in [3.05, 3.63) is 34.9 Å². The molecule has 0 spiro atoms. The van der Waals surface area contributed by atoms with Crippen molar-refractivity contribution in [2.75, 3.05) is 13.7 Å². The van der Waals surface area contributed by atoms with Gasteiger partial charge in [-0.1, -0.05) is 12.1 Å². The zero-order valence-corrected chi connectivity index (χ0v) is 14.6. The van der Waals surface area contributed by atoms with Crippen LogP contribution in [0.1, 0.15) is 43.9 Å². The maximum atomic E-state index is 10.9. The Morgan fingerprint density at radius 2 is 2.00 bits per heavy atom. The molecule has 0 fully saturated rings. The molecule has 2 rings (SSSR count). The zero-order valence-electron chi connectivity index (χ0n) is 14.6. The van der Waals surface area contributed by atoms with E-state index in [1.165, 1.54) is 24.7 Å². The van der Waals surface area contributed by atoms with Gasteiger partial charge >= 0.3 is 12.1 Å². The monoisotopic (exact) mass is 332 g/mol. The molecule has 0 aliphatic heterocycles. The van der Waals surface area contributed by atoms with E-state index in [1.54, 1.807) is 20.8 Å². The summed E-state index contributed by atoms with van der Waals surface area (Å²) in [6.07, 6.45) is 2.84. The van der Waals surface area contributed by atoms with E-state index in [2.05, 4.69) is 22.2 Å². The molecule has 0 atom stereocenters. The second kappa shape index (κ2) is 8.92. The molecule has 1 aliphatic carbocycles. The van der Waals surface area contributed by atoms with Crippen LogP contribution < -0.4 is 5.32 Å². The van der Waals surface area contributed by atoms with E-state index in [4.69, 9.17) is 10.00 Å². The number of nitriles is 1. The van der Waals surface area contributed by atoms with Crippen LogP contribution in [0.2, 0.25) is 0 Å². The number of aryl methyl sites for hydroxylation is 1. The first-order valence-corrected chi connectivity index (χ1v) is 7.81. The highest BCUT2D eigenvalue weighted by Crippen LogP contribution is 2.24. The standard InChI is InChI=1S/C10H9N.C8H15NO4/c11-7-9-5-1-3-8-4-2-6-10(8)9;1-8(2,3)13-7(11)9-5-6(10)12-4/h1,3,5H,2,4,6H2;5H2,1-4H3,(H,9,11). The summed E-state index contributed by atoms with van der Waals surface area (Å²) in [6.45, 7) is 5.05. The number of rotatable bonds is 2. The third kappa shape index (κ3) is 6.69. The summed E-state index contributed by atoms with van der Waals surface area (Å²) < 4.78 is 9.20. The lowest BCUT2D eigenvalue weighted by molar-refractivity contribution is -0.139. The number of nitrogens with one attached hydrogen (secondary N) is 1. The van der Waals surface area contributed by atoms with Crippen LogP contribution in [0.5, 0.6) is 0 Å². The van der Waals surface area contributed by atoms with Crippen molar-refractivity contribution in [3.63, 3.8) is 0 Å². The highest BCUT2D eigenvalue weighted by molar-refractivity contribution is 5.77. The van der Waals surface area contributed by atoms with Crippen molar-refractivity contribution >= 4 is 12.1 Å². The van der Waals surface area contributed by atoms with Crippen LogP contribution in [0, 0.1) is 11.3 Å². The number of fused-ring (bicyclic) bond motifs is 1. The van der Waals surface area contributed by atoms with Crippen molar-refractivity contribution in [3.8, 4) is 6.07 Å². The maximum absolute atomic E-state index is 10.9. The largest absolute Gasteiger partial charge is 0.468 e. The summed E-state index contributed by atoms with van der Waals surface area (Å²) in [5.41, 5.74) is 2.99. The van der Waals surface area contributed by atoms with Gasteiger partial charge in [0, 0.05) is 0 Å². The lowest BCUT2D eigenvalue weighted by atomic mass is 10.0. The summed E-state index contributed by atoms with van der Waals surface area (Å²) in [6, 6.07) is 8.24. The van der Waals surface area contributed by atoms with Gasteiger partial charge in [0.05, 0.1) is 18.7 Å². The number of carbonyl (C=O) groups excluding carboxylic acids is 2. The topological polar surface area (TPSA) is 88.4 Å². The predicted molar refractivity (Wildman–Crippen MR) is 89.4 cm³/mol. The molecule has 24 heavy (non-hydrogen) atoms. The summed E-state index contributed by atoms with van der Waals surface area (Å²) in [5, 5.41) is 11.0. The average molecular weight is 332 g/mol. The van der Waals surface area contributed by atoms with Crippen molar-refractivity contribution in [1.82, 2.24) is 5.32 Å². The number of nitrogens with zero attached hydrogens (tertiary/aromatic N) is 1. The molecule has 0 saturated heterocycles. The SMILES string of the molecule is COC(=O)CNC(=O)OC(C)(C)C.N#Cc1cccc2c1CCC2. The van der Waals surface area contributed by atoms with Gasteiger partial charge in [-0.3, -0.25) is 4.79 Å². The van der Waals surface area contributed by atoms with Gasteiger partial charge in [0.1, 0.15) is 12.1 Å². The molecule has 6 heteroatoms. The second-order valence-corrected chi connectivity index (χ2v) is 6.34. The minimum Gasteiger partial charge on any atom is -0.468 e. The Balaban J connectivity index is 0.000000242. The highest BCUT2D eigenvalue weighted by atomic mass is 16.6. The molecule has 0 heterocycles. The van der Waals surface area contributed by atoms with Gasteiger partial charge < -0.3 is 14.8 Å². The summed E-state index contributed by atoms with van der Waals surface area (Å²) in [5.74, 6) is -0.508. The van der Waals surface area contributed by atoms with E-state index in [9.17, 15) is 9.59 Å². The van der Waals surface area contributed by atoms with Crippen LogP contribution in [-0.2, 0) is 27.1 Å². The van der Waals surface area contributed by atoms with E-state index in [0.717, 1.165) is 18.4 Å². The minimum atomic E-state index is -0.627. The maximum Gasteiger partial charge on any atom is 0.408 e. The number of hydrogen-bond acceptors (Lipinski definition) is 5. The Morgan fingerprint density at radius 3 is 2.58 bits per heavy atom. The van der Waals surface area contributed by atoms with Crippen LogP contribution in [0.25, 0.3) is 0 Å². The molecule has 0 radical (unpaired) electrons. The molecule has 1 amide bonds. The van der Waals surface area contributed by atoms with E-state index in [1.807, 2.05) is 12.1 Å². The summed E-state index contributed by atoms with van der Waals surface area (Å²) >= 11 is 0. The predicted octanol–water partition coefficient (Wildman–Crippen LogP) is 2.73. The normalized spacial score (nSPS) is 12.1. The fourth-order valence-corrected chi connectivity index (χ4v) is 2.26. The Morgan fingerprint density at radius 1 is 1.29 bits per heavy atom. The van der Waals surface area contributed by atoms with Gasteiger partial charge in [-0.15, -0.1) is 0 Å². The third-order valence-corrected chi connectivity index (χ3v) is 3.27. The number of methoxy groups -OCH3 is 1. The molecule has 1 aromatic carbocycles. The Bertz CT molecular complexity index is 627. The first kappa shape index (κ1) is 19.5. The van der Waals surface area contributed by atoms with E-state index in [-0.39, 0.29) is 6.54 Å². The van der Waals surface area contributed by atoms with Crippen LogP contribution in [-0.4, -0.2) is 31.3 Å². The number of ether oxygens (including phenoxy) is 2. The summed E-state index contributed by atoms with van der Waals surface area (Å²) in [7, 11) is 1.25. The fourth-order valence-electron chi connectivity index (χ4n) is 2.26. The van der Waals surface area contributed by atoms with Gasteiger partial charge in [0.2, 0.25) is 0 Å². The summed E-state index contributed by atoms with van der Waals surface area (Å²) in [4.78, 5) is 21.5. The molecule has 0 unspecified atom stereocenters. The molecule has 130 valence electrons.